The van der Waals surface area contributed by atoms with Crippen molar-refractivity contribution in [2.24, 2.45) is 5.92 Å². The van der Waals surface area contributed by atoms with Gasteiger partial charge in [0.25, 0.3) is 0 Å². The molecule has 0 fully saturated rings. The second kappa shape index (κ2) is 7.85. The van der Waals surface area contributed by atoms with Gasteiger partial charge in [-0.1, -0.05) is 25.2 Å². The first kappa shape index (κ1) is 14.6. The molecule has 0 aromatic rings. The van der Waals surface area contributed by atoms with E-state index in [1.54, 1.807) is 6.92 Å². The number of ether oxygens (including phenoxy) is 1. The predicted octanol–water partition coefficient (Wildman–Crippen LogP) is 2.67. The van der Waals surface area contributed by atoms with E-state index < -0.39 is 0 Å². The number of Topliss-reactive ketones (excluding diaryl/α,β-unsaturated/α-hetero) is 1. The Morgan fingerprint density at radius 1 is 1.38 bits per heavy atom. The highest BCUT2D eigenvalue weighted by Crippen LogP contribution is 2.11. The number of hydrogen-bond donors (Lipinski definition) is 0. The molecule has 0 aromatic heterocycles. The second-order valence-electron chi connectivity index (χ2n) is 4.00. The van der Waals surface area contributed by atoms with E-state index >= 15 is 0 Å². The summed E-state index contributed by atoms with van der Waals surface area (Å²) in [6.45, 7) is 11.0. The van der Waals surface area contributed by atoms with Crippen LogP contribution in [0.1, 0.15) is 33.1 Å². The highest BCUT2D eigenvalue weighted by molar-refractivity contribution is 5.85. The summed E-state index contributed by atoms with van der Waals surface area (Å²) in [4.78, 5) is 22.8. The van der Waals surface area contributed by atoms with Gasteiger partial charge in [-0.15, -0.1) is 6.58 Å². The summed E-state index contributed by atoms with van der Waals surface area (Å²) in [6, 6.07) is 0. The SMILES string of the molecule is C=CCOC(=O)CC(C)C(=O)CCC(=C)C. The fourth-order valence-corrected chi connectivity index (χ4v) is 1.16. The monoisotopic (exact) mass is 224 g/mol. The van der Waals surface area contributed by atoms with Crippen LogP contribution in [0.15, 0.2) is 24.8 Å². The number of rotatable bonds is 8. The zero-order valence-corrected chi connectivity index (χ0v) is 10.1. The topological polar surface area (TPSA) is 43.4 Å². The van der Waals surface area contributed by atoms with E-state index in [1.165, 1.54) is 6.08 Å². The third-order valence-electron chi connectivity index (χ3n) is 2.18. The lowest BCUT2D eigenvalue weighted by Gasteiger charge is -2.09. The molecule has 0 saturated heterocycles. The maximum atomic E-state index is 11.6. The van der Waals surface area contributed by atoms with Crippen molar-refractivity contribution in [3.63, 3.8) is 0 Å². The van der Waals surface area contributed by atoms with E-state index in [0.717, 1.165) is 5.57 Å². The molecule has 0 heterocycles. The molecule has 0 aliphatic carbocycles. The molecule has 0 amide bonds. The molecule has 0 spiro atoms. The van der Waals surface area contributed by atoms with E-state index in [-0.39, 0.29) is 30.7 Å². The summed E-state index contributed by atoms with van der Waals surface area (Å²) in [5.41, 5.74) is 0.981. The Bertz CT molecular complexity index is 279. The smallest absolute Gasteiger partial charge is 0.306 e. The van der Waals surface area contributed by atoms with Crippen molar-refractivity contribution in [1.29, 1.82) is 0 Å². The van der Waals surface area contributed by atoms with Crippen molar-refractivity contribution in [2.45, 2.75) is 33.1 Å². The highest BCUT2D eigenvalue weighted by Gasteiger charge is 2.17. The number of carbonyl (C=O) groups excluding carboxylic acids is 2. The van der Waals surface area contributed by atoms with Crippen LogP contribution in [0.5, 0.6) is 0 Å². The van der Waals surface area contributed by atoms with Crippen molar-refractivity contribution >= 4 is 11.8 Å². The van der Waals surface area contributed by atoms with Crippen LogP contribution in [0.2, 0.25) is 0 Å². The standard InChI is InChI=1S/C13H20O3/c1-5-8-16-13(15)9-11(4)12(14)7-6-10(2)3/h5,11H,1-2,6-9H2,3-4H3. The molecule has 1 unspecified atom stereocenters. The van der Waals surface area contributed by atoms with E-state index in [2.05, 4.69) is 13.2 Å². The van der Waals surface area contributed by atoms with E-state index in [1.807, 2.05) is 6.92 Å². The Morgan fingerprint density at radius 3 is 2.50 bits per heavy atom. The van der Waals surface area contributed by atoms with Crippen LogP contribution in [0.25, 0.3) is 0 Å². The lowest BCUT2D eigenvalue weighted by molar-refractivity contribution is -0.145. The number of carbonyl (C=O) groups is 2. The molecule has 3 nitrogen and oxygen atoms in total. The summed E-state index contributed by atoms with van der Waals surface area (Å²) in [6.07, 6.45) is 2.78. The van der Waals surface area contributed by atoms with Crippen LogP contribution >= 0.6 is 0 Å². The van der Waals surface area contributed by atoms with E-state index in [4.69, 9.17) is 4.74 Å². The summed E-state index contributed by atoms with van der Waals surface area (Å²) in [5.74, 6) is -0.550. The van der Waals surface area contributed by atoms with Gasteiger partial charge in [-0.3, -0.25) is 9.59 Å². The second-order valence-corrected chi connectivity index (χ2v) is 4.00. The van der Waals surface area contributed by atoms with E-state index in [0.29, 0.717) is 12.8 Å². The first-order valence-electron chi connectivity index (χ1n) is 5.41. The Hall–Kier alpha value is -1.38. The minimum Gasteiger partial charge on any atom is -0.461 e. The normalized spacial score (nSPS) is 11.6. The quantitative estimate of drug-likeness (QED) is 0.470. The molecule has 0 bridgehead atoms. The van der Waals surface area contributed by atoms with Gasteiger partial charge in [0, 0.05) is 12.3 Å². The van der Waals surface area contributed by atoms with Crippen molar-refractivity contribution < 1.29 is 14.3 Å². The zero-order chi connectivity index (χ0) is 12.6. The van der Waals surface area contributed by atoms with E-state index in [9.17, 15) is 9.59 Å². The first-order chi connectivity index (χ1) is 7.47. The summed E-state index contributed by atoms with van der Waals surface area (Å²) >= 11 is 0. The lowest BCUT2D eigenvalue weighted by Crippen LogP contribution is -2.17. The molecule has 1 atom stereocenters. The van der Waals surface area contributed by atoms with Gasteiger partial charge in [0.2, 0.25) is 0 Å². The van der Waals surface area contributed by atoms with Gasteiger partial charge < -0.3 is 4.74 Å². The molecule has 0 radical (unpaired) electrons. The van der Waals surface area contributed by atoms with Crippen LogP contribution in [0, 0.1) is 5.92 Å². The van der Waals surface area contributed by atoms with Crippen LogP contribution in [0.3, 0.4) is 0 Å². The molecule has 0 saturated carbocycles. The maximum Gasteiger partial charge on any atom is 0.306 e. The summed E-state index contributed by atoms with van der Waals surface area (Å²) in [7, 11) is 0. The van der Waals surface area contributed by atoms with Gasteiger partial charge in [0.1, 0.15) is 12.4 Å². The molecule has 90 valence electrons. The largest absolute Gasteiger partial charge is 0.461 e. The average Bonchev–Trinajstić information content (AvgIpc) is 2.22. The van der Waals surface area contributed by atoms with Crippen molar-refractivity contribution in [3.05, 3.63) is 24.8 Å². The Labute approximate surface area is 97.2 Å². The third-order valence-corrected chi connectivity index (χ3v) is 2.18. The molecule has 3 heteroatoms. The minimum atomic E-state index is -0.351. The number of hydrogen-bond acceptors (Lipinski definition) is 3. The molecule has 0 N–H and O–H groups in total. The van der Waals surface area contributed by atoms with Gasteiger partial charge in [0.15, 0.2) is 0 Å². The van der Waals surface area contributed by atoms with Crippen molar-refractivity contribution in [3.8, 4) is 0 Å². The van der Waals surface area contributed by atoms with Gasteiger partial charge in [-0.05, 0) is 13.3 Å². The van der Waals surface area contributed by atoms with Gasteiger partial charge >= 0.3 is 5.97 Å². The minimum absolute atomic E-state index is 0.0820. The van der Waals surface area contributed by atoms with Gasteiger partial charge in [-0.25, -0.2) is 0 Å². The van der Waals surface area contributed by atoms with Crippen LogP contribution < -0.4 is 0 Å². The van der Waals surface area contributed by atoms with Crippen LogP contribution in [0.4, 0.5) is 0 Å². The lowest BCUT2D eigenvalue weighted by atomic mass is 9.97. The third kappa shape index (κ3) is 6.98. The van der Waals surface area contributed by atoms with Crippen LogP contribution in [-0.2, 0) is 14.3 Å². The van der Waals surface area contributed by atoms with Crippen molar-refractivity contribution in [2.75, 3.05) is 6.61 Å². The molecular weight excluding hydrogens is 204 g/mol. The average molecular weight is 224 g/mol. The predicted molar refractivity (Wildman–Crippen MR) is 64.0 cm³/mol. The highest BCUT2D eigenvalue weighted by atomic mass is 16.5. The fraction of sp³-hybridized carbons (Fsp3) is 0.538. The maximum absolute atomic E-state index is 11.6. The van der Waals surface area contributed by atoms with Gasteiger partial charge in [-0.2, -0.15) is 0 Å². The molecule has 0 aromatic carbocycles. The Morgan fingerprint density at radius 2 is 2.00 bits per heavy atom. The van der Waals surface area contributed by atoms with Crippen molar-refractivity contribution in [1.82, 2.24) is 0 Å². The van der Waals surface area contributed by atoms with Gasteiger partial charge in [0.05, 0.1) is 6.42 Å². The fourth-order valence-electron chi connectivity index (χ4n) is 1.16. The van der Waals surface area contributed by atoms with Crippen LogP contribution in [-0.4, -0.2) is 18.4 Å². The summed E-state index contributed by atoms with van der Waals surface area (Å²) < 4.78 is 4.81. The molecule has 0 rings (SSSR count). The Kier molecular flexibility index (Phi) is 7.18. The zero-order valence-electron chi connectivity index (χ0n) is 10.1. The molecular formula is C13H20O3. The number of esters is 1. The number of allylic oxidation sites excluding steroid dienone is 1. The first-order valence-corrected chi connectivity index (χ1v) is 5.41. The number of ketones is 1. The molecule has 0 aliphatic rings. The Balaban J connectivity index is 3.90. The molecule has 16 heavy (non-hydrogen) atoms. The summed E-state index contributed by atoms with van der Waals surface area (Å²) in [5, 5.41) is 0. The molecule has 0 aliphatic heterocycles.